The van der Waals surface area contributed by atoms with Crippen molar-refractivity contribution in [3.8, 4) is 0 Å². The van der Waals surface area contributed by atoms with Crippen LogP contribution in [0.4, 0.5) is 4.39 Å². The van der Waals surface area contributed by atoms with Gasteiger partial charge in [-0.15, -0.1) is 0 Å². The van der Waals surface area contributed by atoms with Gasteiger partial charge >= 0.3 is 5.97 Å². The van der Waals surface area contributed by atoms with Crippen LogP contribution in [-0.2, 0) is 4.79 Å². The highest BCUT2D eigenvalue weighted by atomic mass is 35.5. The van der Waals surface area contributed by atoms with Gasteiger partial charge in [0.1, 0.15) is 5.82 Å². The molecule has 114 valence electrons. The number of likely N-dealkylation sites (tertiary alicyclic amines) is 1. The van der Waals surface area contributed by atoms with E-state index in [-0.39, 0.29) is 29.0 Å². The summed E-state index contributed by atoms with van der Waals surface area (Å²) in [5, 5.41) is 8.98. The summed E-state index contributed by atoms with van der Waals surface area (Å²) in [4.78, 5) is 24.8. The number of carbonyl (C=O) groups is 2. The lowest BCUT2D eigenvalue weighted by Crippen LogP contribution is -2.36. The zero-order chi connectivity index (χ0) is 15.6. The summed E-state index contributed by atoms with van der Waals surface area (Å²) in [5.74, 6) is -1.68. The van der Waals surface area contributed by atoms with Crippen LogP contribution in [0.25, 0.3) is 0 Å². The van der Waals surface area contributed by atoms with E-state index in [0.717, 1.165) is 18.9 Å². The number of halogens is 2. The summed E-state index contributed by atoms with van der Waals surface area (Å²) < 4.78 is 13.7. The highest BCUT2D eigenvalue weighted by Gasteiger charge is 2.30. The van der Waals surface area contributed by atoms with Crippen molar-refractivity contribution in [2.75, 3.05) is 6.54 Å². The van der Waals surface area contributed by atoms with Crippen LogP contribution < -0.4 is 0 Å². The molecule has 1 aromatic rings. The van der Waals surface area contributed by atoms with Crippen molar-refractivity contribution in [2.24, 2.45) is 0 Å². The summed E-state index contributed by atoms with van der Waals surface area (Å²) >= 11 is 6.04. The molecule has 1 fully saturated rings. The Hall–Kier alpha value is -1.62. The Morgan fingerprint density at radius 3 is 2.86 bits per heavy atom. The third-order valence-corrected chi connectivity index (χ3v) is 4.12. The third-order valence-electron chi connectivity index (χ3n) is 3.81. The van der Waals surface area contributed by atoms with E-state index in [1.807, 2.05) is 0 Å². The van der Waals surface area contributed by atoms with Gasteiger partial charge in [-0.25, -0.2) is 4.39 Å². The summed E-state index contributed by atoms with van der Waals surface area (Å²) in [7, 11) is 0. The van der Waals surface area contributed by atoms with Crippen LogP contribution in [-0.4, -0.2) is 34.5 Å². The van der Waals surface area contributed by atoms with Crippen molar-refractivity contribution in [3.05, 3.63) is 34.1 Å². The van der Waals surface area contributed by atoms with E-state index in [2.05, 4.69) is 0 Å². The third kappa shape index (κ3) is 3.53. The maximum Gasteiger partial charge on any atom is 0.303 e. The monoisotopic (exact) mass is 313 g/mol. The quantitative estimate of drug-likeness (QED) is 0.928. The van der Waals surface area contributed by atoms with E-state index < -0.39 is 11.8 Å². The van der Waals surface area contributed by atoms with Crippen LogP contribution in [0.3, 0.4) is 0 Å². The molecule has 21 heavy (non-hydrogen) atoms. The first kappa shape index (κ1) is 15.8. The van der Waals surface area contributed by atoms with Crippen molar-refractivity contribution < 1.29 is 19.1 Å². The zero-order valence-corrected chi connectivity index (χ0v) is 12.5. The van der Waals surface area contributed by atoms with E-state index in [1.165, 1.54) is 6.07 Å². The smallest absolute Gasteiger partial charge is 0.303 e. The first-order valence-corrected chi connectivity index (χ1v) is 7.26. The fraction of sp³-hybridized carbons (Fsp3) is 0.467. The minimum atomic E-state index is -0.881. The van der Waals surface area contributed by atoms with Gasteiger partial charge in [-0.05, 0) is 43.9 Å². The van der Waals surface area contributed by atoms with Crippen LogP contribution in [0.2, 0.25) is 5.02 Å². The molecule has 1 atom stereocenters. The molecule has 1 heterocycles. The second-order valence-electron chi connectivity index (χ2n) is 5.31. The van der Waals surface area contributed by atoms with Crippen LogP contribution in [0.15, 0.2) is 12.1 Å². The zero-order valence-electron chi connectivity index (χ0n) is 11.7. The summed E-state index contributed by atoms with van der Waals surface area (Å²) in [6, 6.07) is 2.48. The molecule has 1 aliphatic heterocycles. The predicted octanol–water partition coefficient (Wildman–Crippen LogP) is 3.26. The Kier molecular flexibility index (Phi) is 4.83. The van der Waals surface area contributed by atoms with Crippen LogP contribution in [0.1, 0.15) is 41.6 Å². The second-order valence-corrected chi connectivity index (χ2v) is 5.72. The average Bonchev–Trinajstić information content (AvgIpc) is 2.88. The predicted molar refractivity (Wildman–Crippen MR) is 77.1 cm³/mol. The molecule has 0 bridgehead atoms. The fourth-order valence-corrected chi connectivity index (χ4v) is 2.96. The van der Waals surface area contributed by atoms with Gasteiger partial charge in [-0.2, -0.15) is 0 Å². The Labute approximate surface area is 127 Å². The largest absolute Gasteiger partial charge is 0.481 e. The lowest BCUT2D eigenvalue weighted by molar-refractivity contribution is -0.137. The molecule has 0 aliphatic carbocycles. The first-order chi connectivity index (χ1) is 9.90. The van der Waals surface area contributed by atoms with Crippen LogP contribution >= 0.6 is 11.6 Å². The Morgan fingerprint density at radius 2 is 2.19 bits per heavy atom. The van der Waals surface area contributed by atoms with Gasteiger partial charge in [0.25, 0.3) is 5.91 Å². The number of aryl methyl sites for hydroxylation is 1. The molecular weight excluding hydrogens is 297 g/mol. The number of carboxylic acid groups (broad SMARTS) is 1. The number of hydrogen-bond acceptors (Lipinski definition) is 2. The molecule has 0 spiro atoms. The van der Waals surface area contributed by atoms with Crippen molar-refractivity contribution in [1.29, 1.82) is 0 Å². The molecule has 0 radical (unpaired) electrons. The topological polar surface area (TPSA) is 57.6 Å². The number of carbonyl (C=O) groups excluding carboxylic acids is 1. The number of benzene rings is 1. The fourth-order valence-electron chi connectivity index (χ4n) is 2.66. The van der Waals surface area contributed by atoms with E-state index in [9.17, 15) is 14.0 Å². The SMILES string of the molecule is Cc1cc(Cl)c(C(=O)N2CCCC2CCC(=O)O)cc1F. The molecule has 4 nitrogen and oxygen atoms in total. The standard InChI is InChI=1S/C15H17ClFNO3/c1-9-7-12(16)11(8-13(9)17)15(21)18-6-2-3-10(18)4-5-14(19)20/h7-8,10H,2-6H2,1H3,(H,19,20). The number of nitrogens with zero attached hydrogens (tertiary/aromatic N) is 1. The Morgan fingerprint density at radius 1 is 1.48 bits per heavy atom. The second kappa shape index (κ2) is 6.43. The molecule has 0 aromatic heterocycles. The molecule has 1 amide bonds. The number of aliphatic carboxylic acids is 1. The molecule has 1 saturated heterocycles. The Balaban J connectivity index is 2.18. The van der Waals surface area contributed by atoms with Gasteiger partial charge in [-0.3, -0.25) is 9.59 Å². The summed E-state index contributed by atoms with van der Waals surface area (Å²) in [6.07, 6.45) is 2.02. The molecule has 1 aliphatic rings. The van der Waals surface area contributed by atoms with Gasteiger partial charge in [0.15, 0.2) is 0 Å². The van der Waals surface area contributed by atoms with Crippen LogP contribution in [0, 0.1) is 12.7 Å². The van der Waals surface area contributed by atoms with Gasteiger partial charge in [-0.1, -0.05) is 11.6 Å². The van der Waals surface area contributed by atoms with E-state index in [4.69, 9.17) is 16.7 Å². The van der Waals surface area contributed by atoms with Crippen molar-refractivity contribution >= 4 is 23.5 Å². The minimum absolute atomic E-state index is 0.0183. The maximum atomic E-state index is 13.7. The number of rotatable bonds is 4. The molecule has 0 saturated carbocycles. The van der Waals surface area contributed by atoms with E-state index >= 15 is 0 Å². The average molecular weight is 314 g/mol. The lowest BCUT2D eigenvalue weighted by Gasteiger charge is -2.25. The molecular formula is C15H17ClFNO3. The summed E-state index contributed by atoms with van der Waals surface area (Å²) in [6.45, 7) is 2.13. The molecule has 2 rings (SSSR count). The van der Waals surface area contributed by atoms with Crippen molar-refractivity contribution in [1.82, 2.24) is 4.90 Å². The number of carboxylic acids is 1. The number of amides is 1. The van der Waals surface area contributed by atoms with Gasteiger partial charge in [0.05, 0.1) is 10.6 Å². The van der Waals surface area contributed by atoms with Gasteiger partial charge in [0.2, 0.25) is 0 Å². The van der Waals surface area contributed by atoms with E-state index in [0.29, 0.717) is 18.5 Å². The van der Waals surface area contributed by atoms with Crippen molar-refractivity contribution in [3.63, 3.8) is 0 Å². The maximum absolute atomic E-state index is 13.7. The molecule has 6 heteroatoms. The molecule has 1 aromatic carbocycles. The van der Waals surface area contributed by atoms with Crippen LogP contribution in [0.5, 0.6) is 0 Å². The first-order valence-electron chi connectivity index (χ1n) is 6.88. The van der Waals surface area contributed by atoms with Crippen molar-refractivity contribution in [2.45, 2.75) is 38.6 Å². The minimum Gasteiger partial charge on any atom is -0.481 e. The number of hydrogen-bond donors (Lipinski definition) is 1. The van der Waals surface area contributed by atoms with Gasteiger partial charge < -0.3 is 10.0 Å². The summed E-state index contributed by atoms with van der Waals surface area (Å²) in [5.41, 5.74) is 0.530. The normalized spacial score (nSPS) is 18.0. The molecule has 1 N–H and O–H groups in total. The highest BCUT2D eigenvalue weighted by molar-refractivity contribution is 6.33. The van der Waals surface area contributed by atoms with Gasteiger partial charge in [0, 0.05) is 19.0 Å². The van der Waals surface area contributed by atoms with E-state index in [1.54, 1.807) is 11.8 Å². The Bertz CT molecular complexity index is 576. The highest BCUT2D eigenvalue weighted by Crippen LogP contribution is 2.27. The molecule has 1 unspecified atom stereocenters. The lowest BCUT2D eigenvalue weighted by atomic mass is 10.1.